The summed E-state index contributed by atoms with van der Waals surface area (Å²) in [6, 6.07) is 3.75. The highest BCUT2D eigenvalue weighted by Crippen LogP contribution is 2.22. The molecular weight excluding hydrogens is 446 g/mol. The lowest BCUT2D eigenvalue weighted by molar-refractivity contribution is -0.684. The Balaban J connectivity index is 0.00000385. The van der Waals surface area contributed by atoms with Gasteiger partial charge in [-0.2, -0.15) is 4.57 Å². The molecule has 1 aromatic heterocycles. The molecule has 3 N–H and O–H groups in total. The van der Waals surface area contributed by atoms with E-state index in [1.807, 2.05) is 44.4 Å². The fourth-order valence-corrected chi connectivity index (χ4v) is 4.59. The van der Waals surface area contributed by atoms with Crippen LogP contribution in [0.1, 0.15) is 39.5 Å². The van der Waals surface area contributed by atoms with E-state index < -0.39 is 18.1 Å². The molecule has 3 amide bonds. The second kappa shape index (κ2) is 12.1. The average molecular weight is 480 g/mol. The van der Waals surface area contributed by atoms with Gasteiger partial charge < -0.3 is 33.3 Å². The van der Waals surface area contributed by atoms with Crippen LogP contribution in [0.25, 0.3) is 0 Å². The van der Waals surface area contributed by atoms with Gasteiger partial charge in [0.1, 0.15) is 12.1 Å². The van der Waals surface area contributed by atoms with Gasteiger partial charge in [0.15, 0.2) is 12.4 Å². The minimum Gasteiger partial charge on any atom is -1.00 e. The second-order valence-corrected chi connectivity index (χ2v) is 8.88. The standard InChI is InChI=1S/C23H33N5O4.ClH/c1-16(2)21(25-22(31)18-9-7-12-27(18)20(30)14-24)23(32)28-13-6-8-17(28)19(29)15-26-10-4-3-5-11-26;/h3-5,10-11,16-18,21H,6-9,12-15,24H2,1-2H3;1H. The van der Waals surface area contributed by atoms with E-state index in [1.54, 1.807) is 9.47 Å². The molecule has 182 valence electrons. The number of nitrogens with one attached hydrogen (secondary N) is 1. The fraction of sp³-hybridized carbons (Fsp3) is 0.609. The molecule has 3 rings (SSSR count). The van der Waals surface area contributed by atoms with E-state index in [4.69, 9.17) is 5.73 Å². The molecule has 2 aliphatic rings. The van der Waals surface area contributed by atoms with E-state index in [0.717, 1.165) is 12.8 Å². The van der Waals surface area contributed by atoms with Crippen molar-refractivity contribution in [2.45, 2.75) is 64.2 Å². The quantitative estimate of drug-likeness (QED) is 0.377. The van der Waals surface area contributed by atoms with Crippen LogP contribution in [0.5, 0.6) is 0 Å². The van der Waals surface area contributed by atoms with Gasteiger partial charge in [-0.05, 0) is 31.6 Å². The highest BCUT2D eigenvalue weighted by atomic mass is 35.5. The Kier molecular flexibility index (Phi) is 9.79. The molecule has 0 aromatic carbocycles. The molecule has 2 aliphatic heterocycles. The molecule has 0 radical (unpaired) electrons. The van der Waals surface area contributed by atoms with Crippen LogP contribution >= 0.6 is 0 Å². The van der Waals surface area contributed by atoms with Crippen LogP contribution in [0.2, 0.25) is 0 Å². The third-order valence-corrected chi connectivity index (χ3v) is 6.30. The molecule has 0 spiro atoms. The van der Waals surface area contributed by atoms with E-state index in [-0.39, 0.29) is 54.9 Å². The normalized spacial score (nSPS) is 21.0. The van der Waals surface area contributed by atoms with Gasteiger partial charge in [0.05, 0.1) is 12.6 Å². The Bertz CT molecular complexity index is 851. The van der Waals surface area contributed by atoms with E-state index in [1.165, 1.54) is 4.90 Å². The topological polar surface area (TPSA) is 117 Å². The smallest absolute Gasteiger partial charge is 0.246 e. The van der Waals surface area contributed by atoms with Crippen molar-refractivity contribution in [1.29, 1.82) is 0 Å². The van der Waals surface area contributed by atoms with Crippen LogP contribution in [0.4, 0.5) is 0 Å². The number of Topliss-reactive ketones (excluding diaryl/α,β-unsaturated/α-hetero) is 1. The predicted molar refractivity (Wildman–Crippen MR) is 117 cm³/mol. The fourth-order valence-electron chi connectivity index (χ4n) is 4.59. The molecule has 9 nitrogen and oxygen atoms in total. The van der Waals surface area contributed by atoms with Crippen LogP contribution in [0, 0.1) is 5.92 Å². The van der Waals surface area contributed by atoms with Crippen molar-refractivity contribution >= 4 is 23.5 Å². The van der Waals surface area contributed by atoms with E-state index in [2.05, 4.69) is 5.32 Å². The molecule has 2 fully saturated rings. The van der Waals surface area contributed by atoms with Crippen molar-refractivity contribution in [1.82, 2.24) is 15.1 Å². The Labute approximate surface area is 201 Å². The lowest BCUT2D eigenvalue weighted by atomic mass is 10.0. The summed E-state index contributed by atoms with van der Waals surface area (Å²) in [6.07, 6.45) is 6.30. The van der Waals surface area contributed by atoms with Crippen molar-refractivity contribution in [3.63, 3.8) is 0 Å². The van der Waals surface area contributed by atoms with Gasteiger partial charge >= 0.3 is 0 Å². The summed E-state index contributed by atoms with van der Waals surface area (Å²) in [4.78, 5) is 54.5. The molecule has 0 bridgehead atoms. The van der Waals surface area contributed by atoms with Crippen LogP contribution in [-0.2, 0) is 25.7 Å². The molecule has 3 heterocycles. The Morgan fingerprint density at radius 2 is 1.61 bits per heavy atom. The third-order valence-electron chi connectivity index (χ3n) is 6.30. The zero-order chi connectivity index (χ0) is 23.3. The number of ketones is 1. The maximum Gasteiger partial charge on any atom is 0.246 e. The van der Waals surface area contributed by atoms with Gasteiger partial charge in [-0.1, -0.05) is 19.9 Å². The Hall–Kier alpha value is -2.52. The minimum absolute atomic E-state index is 0. The first-order chi connectivity index (χ1) is 15.3. The Morgan fingerprint density at radius 3 is 2.21 bits per heavy atom. The van der Waals surface area contributed by atoms with E-state index >= 15 is 0 Å². The summed E-state index contributed by atoms with van der Waals surface area (Å²) < 4.78 is 1.80. The summed E-state index contributed by atoms with van der Waals surface area (Å²) >= 11 is 0. The molecule has 3 atom stereocenters. The zero-order valence-corrected chi connectivity index (χ0v) is 20.0. The maximum absolute atomic E-state index is 13.4. The molecule has 3 unspecified atom stereocenters. The number of hydrogen-bond donors (Lipinski definition) is 2. The monoisotopic (exact) mass is 479 g/mol. The first kappa shape index (κ1) is 26.7. The molecule has 33 heavy (non-hydrogen) atoms. The summed E-state index contributed by atoms with van der Waals surface area (Å²) in [7, 11) is 0. The first-order valence-electron chi connectivity index (χ1n) is 11.4. The molecular formula is C23H34ClN5O4. The molecule has 1 aromatic rings. The first-order valence-corrected chi connectivity index (χ1v) is 11.4. The summed E-state index contributed by atoms with van der Waals surface area (Å²) in [6.45, 7) is 4.78. The summed E-state index contributed by atoms with van der Waals surface area (Å²) in [5.41, 5.74) is 5.48. The zero-order valence-electron chi connectivity index (χ0n) is 19.3. The number of halogens is 1. The van der Waals surface area contributed by atoms with Gasteiger partial charge in [-0.3, -0.25) is 19.2 Å². The molecule has 10 heteroatoms. The summed E-state index contributed by atoms with van der Waals surface area (Å²) in [5, 5.41) is 2.87. The number of carbonyl (C=O) groups is 4. The van der Waals surface area contributed by atoms with Gasteiger partial charge in [0, 0.05) is 25.2 Å². The largest absolute Gasteiger partial charge is 1.00 e. The number of hydrogen-bond acceptors (Lipinski definition) is 5. The number of rotatable bonds is 8. The molecule has 0 aliphatic carbocycles. The van der Waals surface area contributed by atoms with Crippen LogP contribution in [-0.4, -0.2) is 71.1 Å². The number of pyridine rings is 1. The Morgan fingerprint density at radius 1 is 1.00 bits per heavy atom. The van der Waals surface area contributed by atoms with Crippen molar-refractivity contribution in [3.8, 4) is 0 Å². The second-order valence-electron chi connectivity index (χ2n) is 8.88. The molecule has 2 saturated heterocycles. The van der Waals surface area contributed by atoms with Crippen LogP contribution in [0.15, 0.2) is 30.6 Å². The highest BCUT2D eigenvalue weighted by Gasteiger charge is 2.41. The van der Waals surface area contributed by atoms with E-state index in [0.29, 0.717) is 25.9 Å². The van der Waals surface area contributed by atoms with Crippen molar-refractivity contribution in [2.75, 3.05) is 19.6 Å². The van der Waals surface area contributed by atoms with Gasteiger partial charge in [-0.25, -0.2) is 0 Å². The van der Waals surface area contributed by atoms with Crippen LogP contribution in [0.3, 0.4) is 0 Å². The number of carbonyl (C=O) groups excluding carboxylic acids is 4. The number of nitrogens with zero attached hydrogens (tertiary/aromatic N) is 3. The lowest BCUT2D eigenvalue weighted by Gasteiger charge is -2.32. The maximum atomic E-state index is 13.4. The van der Waals surface area contributed by atoms with Gasteiger partial charge in [0.25, 0.3) is 0 Å². The lowest BCUT2D eigenvalue weighted by Crippen LogP contribution is -3.00. The number of amides is 3. The van der Waals surface area contributed by atoms with Gasteiger partial charge in [0.2, 0.25) is 30.0 Å². The number of nitrogens with two attached hydrogens (primary N) is 1. The number of likely N-dealkylation sites (tertiary alicyclic amines) is 2. The van der Waals surface area contributed by atoms with Gasteiger partial charge in [-0.15, -0.1) is 0 Å². The SMILES string of the molecule is CC(C)C(NC(=O)C1CCCN1C(=O)CN)C(=O)N1CCCC1C(=O)C[n+]1ccccc1.[Cl-]. The minimum atomic E-state index is -0.754. The summed E-state index contributed by atoms with van der Waals surface area (Å²) in [5.74, 6) is -1.02. The van der Waals surface area contributed by atoms with Crippen molar-refractivity contribution in [2.24, 2.45) is 11.7 Å². The van der Waals surface area contributed by atoms with Crippen molar-refractivity contribution in [3.05, 3.63) is 30.6 Å². The predicted octanol–water partition coefficient (Wildman–Crippen LogP) is -3.37. The van der Waals surface area contributed by atoms with Crippen LogP contribution < -0.4 is 28.0 Å². The number of aromatic nitrogens is 1. The third kappa shape index (κ3) is 6.29. The average Bonchev–Trinajstić information content (AvgIpc) is 3.46. The molecule has 0 saturated carbocycles. The van der Waals surface area contributed by atoms with E-state index in [9.17, 15) is 19.2 Å². The highest BCUT2D eigenvalue weighted by molar-refractivity contribution is 5.95. The van der Waals surface area contributed by atoms with Crippen molar-refractivity contribution < 1.29 is 36.2 Å².